The monoisotopic (exact) mass is 326 g/mol. The Bertz CT molecular complexity index is 526. The van der Waals surface area contributed by atoms with E-state index in [1.54, 1.807) is 0 Å². The lowest BCUT2D eigenvalue weighted by molar-refractivity contribution is -0.137. The van der Waals surface area contributed by atoms with Crippen LogP contribution in [0, 0.1) is 5.41 Å². The third-order valence-corrected chi connectivity index (χ3v) is 5.76. The van der Waals surface area contributed by atoms with Gasteiger partial charge in [-0.3, -0.25) is 4.79 Å². The molecule has 1 heterocycles. The molecule has 1 saturated heterocycles. The predicted octanol–water partition coefficient (Wildman–Crippen LogP) is 3.67. The Morgan fingerprint density at radius 1 is 1.24 bits per heavy atom. The van der Waals surface area contributed by atoms with Gasteiger partial charge in [0.05, 0.1) is 5.41 Å². The highest BCUT2D eigenvalue weighted by molar-refractivity contribution is 6.53. The number of piperidine rings is 1. The van der Waals surface area contributed by atoms with Gasteiger partial charge in [-0.1, -0.05) is 18.2 Å². The van der Waals surface area contributed by atoms with Crippen molar-refractivity contribution in [2.45, 2.75) is 36.6 Å². The van der Waals surface area contributed by atoms with E-state index < -0.39 is 9.75 Å². The fraction of sp³-hybridized carbons (Fsp3) is 0.562. The molecule has 3 rings (SSSR count). The second-order valence-electron chi connectivity index (χ2n) is 6.29. The van der Waals surface area contributed by atoms with Crippen LogP contribution in [0.1, 0.15) is 26.2 Å². The zero-order valence-corrected chi connectivity index (χ0v) is 13.6. The minimum Gasteiger partial charge on any atom is -0.382 e. The van der Waals surface area contributed by atoms with E-state index in [4.69, 9.17) is 23.2 Å². The number of carbonyl (C=O) groups excluding carboxylic acids is 1. The summed E-state index contributed by atoms with van der Waals surface area (Å²) in [7, 11) is 0. The zero-order chi connectivity index (χ0) is 15.1. The summed E-state index contributed by atoms with van der Waals surface area (Å²) in [4.78, 5) is 14.4. The van der Waals surface area contributed by atoms with Crippen LogP contribution < -0.4 is 5.32 Å². The average Bonchev–Trinajstić information content (AvgIpc) is 3.00. The van der Waals surface area contributed by atoms with Gasteiger partial charge in [-0.25, -0.2) is 0 Å². The van der Waals surface area contributed by atoms with Crippen molar-refractivity contribution in [2.24, 2.45) is 5.41 Å². The van der Waals surface area contributed by atoms with Crippen LogP contribution in [0.4, 0.5) is 5.69 Å². The summed E-state index contributed by atoms with van der Waals surface area (Å²) < 4.78 is -0.872. The molecule has 1 atom stereocenters. The number of carbonyl (C=O) groups is 1. The normalized spacial score (nSPS) is 28.2. The topological polar surface area (TPSA) is 32.3 Å². The Morgan fingerprint density at radius 3 is 2.33 bits per heavy atom. The van der Waals surface area contributed by atoms with Crippen molar-refractivity contribution < 1.29 is 4.79 Å². The molecule has 2 aliphatic rings. The Morgan fingerprint density at radius 2 is 1.81 bits per heavy atom. The molecule has 114 valence electrons. The van der Waals surface area contributed by atoms with Crippen molar-refractivity contribution >= 4 is 34.8 Å². The number of nitrogens with one attached hydrogen (secondary N) is 1. The van der Waals surface area contributed by atoms with Crippen molar-refractivity contribution in [3.05, 3.63) is 30.3 Å². The third-order valence-electron chi connectivity index (χ3n) is 4.66. The summed E-state index contributed by atoms with van der Waals surface area (Å²) in [6.07, 6.45) is 2.46. The van der Waals surface area contributed by atoms with Crippen LogP contribution in [0.25, 0.3) is 0 Å². The van der Waals surface area contributed by atoms with Gasteiger partial charge >= 0.3 is 0 Å². The second-order valence-corrected chi connectivity index (χ2v) is 7.77. The van der Waals surface area contributed by atoms with Gasteiger partial charge in [-0.2, -0.15) is 0 Å². The van der Waals surface area contributed by atoms with Crippen LogP contribution in [0.2, 0.25) is 0 Å². The molecule has 0 unspecified atom stereocenters. The molecule has 1 aliphatic heterocycles. The molecule has 1 saturated carbocycles. The number of para-hydroxylation sites is 1. The predicted molar refractivity (Wildman–Crippen MR) is 86.8 cm³/mol. The number of alkyl halides is 2. The first kappa shape index (κ1) is 15.0. The smallest absolute Gasteiger partial charge is 0.231 e. The molecule has 1 amide bonds. The lowest BCUT2D eigenvalue weighted by atomic mass is 10.0. The quantitative estimate of drug-likeness (QED) is 0.859. The molecule has 1 aromatic rings. The van der Waals surface area contributed by atoms with Crippen molar-refractivity contribution in [3.63, 3.8) is 0 Å². The van der Waals surface area contributed by atoms with Gasteiger partial charge in [0, 0.05) is 24.8 Å². The van der Waals surface area contributed by atoms with Crippen molar-refractivity contribution in [3.8, 4) is 0 Å². The number of benzene rings is 1. The average molecular weight is 327 g/mol. The van der Waals surface area contributed by atoms with Crippen molar-refractivity contribution in [1.29, 1.82) is 0 Å². The molecule has 0 radical (unpaired) electrons. The minimum absolute atomic E-state index is 0.102. The maximum Gasteiger partial charge on any atom is 0.231 e. The van der Waals surface area contributed by atoms with E-state index in [1.807, 2.05) is 30.0 Å². The highest BCUT2D eigenvalue weighted by Gasteiger charge is 2.68. The zero-order valence-electron chi connectivity index (χ0n) is 12.1. The Balaban J connectivity index is 1.53. The summed E-state index contributed by atoms with van der Waals surface area (Å²) in [6.45, 7) is 3.40. The number of hydrogen-bond donors (Lipinski definition) is 1. The lowest BCUT2D eigenvalue weighted by Gasteiger charge is -2.34. The molecule has 5 heteroatoms. The lowest BCUT2D eigenvalue weighted by Crippen LogP contribution is -2.45. The fourth-order valence-corrected chi connectivity index (χ4v) is 3.67. The number of halogens is 2. The van der Waals surface area contributed by atoms with E-state index in [0.29, 0.717) is 12.5 Å². The number of likely N-dealkylation sites (tertiary alicyclic amines) is 1. The van der Waals surface area contributed by atoms with Crippen LogP contribution in [-0.4, -0.2) is 34.3 Å². The SMILES string of the molecule is C[C@]1(C(=O)N2CCC(Nc3ccccc3)CC2)CC1(Cl)Cl. The number of hydrogen-bond acceptors (Lipinski definition) is 2. The largest absolute Gasteiger partial charge is 0.382 e. The van der Waals surface area contributed by atoms with E-state index >= 15 is 0 Å². The number of rotatable bonds is 3. The van der Waals surface area contributed by atoms with E-state index in [-0.39, 0.29) is 5.91 Å². The van der Waals surface area contributed by atoms with Gasteiger partial charge in [0.25, 0.3) is 0 Å². The molecule has 1 N–H and O–H groups in total. The summed E-state index contributed by atoms with van der Waals surface area (Å²) in [5.74, 6) is 0.102. The molecule has 0 bridgehead atoms. The summed E-state index contributed by atoms with van der Waals surface area (Å²) in [6, 6.07) is 10.6. The molecule has 1 aromatic carbocycles. The first-order chi connectivity index (χ1) is 9.92. The molecule has 0 spiro atoms. The van der Waals surface area contributed by atoms with Crippen molar-refractivity contribution in [1.82, 2.24) is 4.90 Å². The Kier molecular flexibility index (Phi) is 3.83. The Hall–Kier alpha value is -0.930. The maximum absolute atomic E-state index is 12.5. The minimum atomic E-state index is -0.872. The standard InChI is InChI=1S/C16H20Cl2N2O/c1-15(11-16(15,17)18)14(21)20-9-7-13(8-10-20)19-12-5-3-2-4-6-12/h2-6,13,19H,7-11H2,1H3/t15-/m1/s1. The van der Waals surface area contributed by atoms with Gasteiger partial charge in [0.15, 0.2) is 0 Å². The number of anilines is 1. The van der Waals surface area contributed by atoms with Gasteiger partial charge < -0.3 is 10.2 Å². The van der Waals surface area contributed by atoms with Gasteiger partial charge in [0.1, 0.15) is 4.33 Å². The molecule has 1 aliphatic carbocycles. The van der Waals surface area contributed by atoms with Crippen LogP contribution in [0.15, 0.2) is 30.3 Å². The summed E-state index contributed by atoms with van der Waals surface area (Å²) in [5.41, 5.74) is 0.549. The highest BCUT2D eigenvalue weighted by atomic mass is 35.5. The Labute approximate surface area is 135 Å². The number of nitrogens with zero attached hydrogens (tertiary/aromatic N) is 1. The maximum atomic E-state index is 12.5. The highest BCUT2D eigenvalue weighted by Crippen LogP contribution is 2.64. The molecular formula is C16H20Cl2N2O. The molecular weight excluding hydrogens is 307 g/mol. The number of amides is 1. The second kappa shape index (κ2) is 5.36. The van der Waals surface area contributed by atoms with Crippen molar-refractivity contribution in [2.75, 3.05) is 18.4 Å². The first-order valence-electron chi connectivity index (χ1n) is 7.41. The summed E-state index contributed by atoms with van der Waals surface area (Å²) >= 11 is 12.2. The van der Waals surface area contributed by atoms with Gasteiger partial charge in [0.2, 0.25) is 5.91 Å². The van der Waals surface area contributed by atoms with E-state index in [0.717, 1.165) is 31.6 Å². The molecule has 21 heavy (non-hydrogen) atoms. The summed E-state index contributed by atoms with van der Waals surface area (Å²) in [5, 5.41) is 3.52. The fourth-order valence-electron chi connectivity index (χ4n) is 2.98. The van der Waals surface area contributed by atoms with E-state index in [9.17, 15) is 4.79 Å². The van der Waals surface area contributed by atoms with Crippen LogP contribution in [0.3, 0.4) is 0 Å². The van der Waals surface area contributed by atoms with Gasteiger partial charge in [-0.15, -0.1) is 23.2 Å². The molecule has 0 aromatic heterocycles. The van der Waals surface area contributed by atoms with Gasteiger partial charge in [-0.05, 0) is 38.3 Å². The first-order valence-corrected chi connectivity index (χ1v) is 8.17. The van der Waals surface area contributed by atoms with Crippen LogP contribution in [0.5, 0.6) is 0 Å². The van der Waals surface area contributed by atoms with E-state index in [1.165, 1.54) is 0 Å². The van der Waals surface area contributed by atoms with E-state index in [2.05, 4.69) is 17.4 Å². The molecule has 3 nitrogen and oxygen atoms in total. The van der Waals surface area contributed by atoms with Crippen LogP contribution >= 0.6 is 23.2 Å². The van der Waals surface area contributed by atoms with Crippen LogP contribution in [-0.2, 0) is 4.79 Å². The third kappa shape index (κ3) is 2.86. The molecule has 2 fully saturated rings.